The van der Waals surface area contributed by atoms with E-state index in [9.17, 15) is 4.79 Å². The molecule has 0 unspecified atom stereocenters. The van der Waals surface area contributed by atoms with Crippen LogP contribution in [0.4, 0.5) is 0 Å². The third-order valence-electron chi connectivity index (χ3n) is 5.60. The lowest BCUT2D eigenvalue weighted by Gasteiger charge is -2.21. The van der Waals surface area contributed by atoms with Gasteiger partial charge in [0.15, 0.2) is 0 Å². The molecule has 6 heteroatoms. The van der Waals surface area contributed by atoms with Gasteiger partial charge in [0, 0.05) is 36.9 Å². The lowest BCUT2D eigenvalue weighted by Crippen LogP contribution is -2.33. The predicted molar refractivity (Wildman–Crippen MR) is 121 cm³/mol. The van der Waals surface area contributed by atoms with Crippen LogP contribution in [0, 0.1) is 0 Å². The average Bonchev–Trinajstić information content (AvgIpc) is 3.29. The van der Waals surface area contributed by atoms with Gasteiger partial charge in [-0.1, -0.05) is 31.5 Å². The SMILES string of the molecule is CCCCN(CC)C(=O)c1cc2c(c3ccccc3n2C(C)C)n1-c1ncccn1. The van der Waals surface area contributed by atoms with Crippen molar-refractivity contribution < 1.29 is 4.79 Å². The zero-order valence-electron chi connectivity index (χ0n) is 18.2. The highest BCUT2D eigenvalue weighted by atomic mass is 16.2. The maximum atomic E-state index is 13.6. The highest BCUT2D eigenvalue weighted by molar-refractivity contribution is 6.11. The minimum Gasteiger partial charge on any atom is -0.338 e. The monoisotopic (exact) mass is 403 g/mol. The quantitative estimate of drug-likeness (QED) is 0.425. The average molecular weight is 404 g/mol. The molecule has 0 aliphatic heterocycles. The molecule has 4 aromatic rings. The fraction of sp³-hybridized carbons (Fsp3) is 0.375. The second-order valence-corrected chi connectivity index (χ2v) is 7.87. The number of amides is 1. The van der Waals surface area contributed by atoms with Gasteiger partial charge in [-0.2, -0.15) is 0 Å². The van der Waals surface area contributed by atoms with Gasteiger partial charge < -0.3 is 9.47 Å². The molecule has 0 radical (unpaired) electrons. The molecule has 4 rings (SSSR count). The first-order valence-electron chi connectivity index (χ1n) is 10.8. The number of hydrogen-bond acceptors (Lipinski definition) is 3. The number of carbonyl (C=O) groups excluding carboxylic acids is 1. The topological polar surface area (TPSA) is 56.0 Å². The molecule has 3 aromatic heterocycles. The fourth-order valence-corrected chi connectivity index (χ4v) is 4.20. The molecule has 3 heterocycles. The number of rotatable bonds is 7. The van der Waals surface area contributed by atoms with Gasteiger partial charge in [0.1, 0.15) is 5.69 Å². The van der Waals surface area contributed by atoms with Crippen molar-refractivity contribution in [2.75, 3.05) is 13.1 Å². The molecule has 0 fully saturated rings. The molecule has 30 heavy (non-hydrogen) atoms. The van der Waals surface area contributed by atoms with Crippen molar-refractivity contribution in [3.8, 4) is 5.95 Å². The van der Waals surface area contributed by atoms with Gasteiger partial charge in [0.05, 0.1) is 16.6 Å². The Balaban J connectivity index is 2.03. The van der Waals surface area contributed by atoms with Crippen LogP contribution in [0.25, 0.3) is 27.9 Å². The Hall–Kier alpha value is -3.15. The Morgan fingerprint density at radius 2 is 1.80 bits per heavy atom. The second kappa shape index (κ2) is 8.30. The summed E-state index contributed by atoms with van der Waals surface area (Å²) in [5.74, 6) is 0.544. The fourth-order valence-electron chi connectivity index (χ4n) is 4.20. The van der Waals surface area contributed by atoms with Crippen molar-refractivity contribution in [3.05, 3.63) is 54.5 Å². The van der Waals surface area contributed by atoms with Gasteiger partial charge in [0.25, 0.3) is 5.91 Å². The smallest absolute Gasteiger partial charge is 0.271 e. The summed E-state index contributed by atoms with van der Waals surface area (Å²) in [4.78, 5) is 24.5. The van der Waals surface area contributed by atoms with Crippen LogP contribution >= 0.6 is 0 Å². The summed E-state index contributed by atoms with van der Waals surface area (Å²) in [5.41, 5.74) is 3.79. The maximum Gasteiger partial charge on any atom is 0.271 e. The molecular weight excluding hydrogens is 374 g/mol. The van der Waals surface area contributed by atoms with Crippen molar-refractivity contribution in [2.45, 2.75) is 46.6 Å². The van der Waals surface area contributed by atoms with E-state index in [-0.39, 0.29) is 11.9 Å². The van der Waals surface area contributed by atoms with Gasteiger partial charge in [-0.05, 0) is 45.4 Å². The van der Waals surface area contributed by atoms with Crippen LogP contribution in [-0.2, 0) is 0 Å². The first-order valence-corrected chi connectivity index (χ1v) is 10.8. The largest absolute Gasteiger partial charge is 0.338 e. The molecule has 156 valence electrons. The minimum atomic E-state index is 0.0222. The van der Waals surface area contributed by atoms with Crippen LogP contribution in [0.15, 0.2) is 48.8 Å². The van der Waals surface area contributed by atoms with Crippen molar-refractivity contribution >= 4 is 27.8 Å². The van der Waals surface area contributed by atoms with E-state index in [0.29, 0.717) is 18.2 Å². The molecule has 0 bridgehead atoms. The van der Waals surface area contributed by atoms with E-state index in [4.69, 9.17) is 0 Å². The Labute approximate surface area is 177 Å². The lowest BCUT2D eigenvalue weighted by atomic mass is 10.2. The van der Waals surface area contributed by atoms with Gasteiger partial charge in [0.2, 0.25) is 5.95 Å². The third kappa shape index (κ3) is 3.26. The number of hydrogen-bond donors (Lipinski definition) is 0. The maximum absolute atomic E-state index is 13.6. The zero-order chi connectivity index (χ0) is 21.3. The van der Waals surface area contributed by atoms with Gasteiger partial charge in [-0.25, -0.2) is 9.97 Å². The Kier molecular flexibility index (Phi) is 5.57. The van der Waals surface area contributed by atoms with E-state index in [1.807, 2.05) is 28.5 Å². The standard InChI is InChI=1S/C24H29N5O/c1-5-7-15-27(6-2)23(30)21-16-20-22(29(21)24-25-13-10-14-26-24)18-11-8-9-12-19(18)28(20)17(3)4/h8-14,16-17H,5-7,15H2,1-4H3. The van der Waals surface area contributed by atoms with Crippen LogP contribution < -0.4 is 0 Å². The van der Waals surface area contributed by atoms with Crippen LogP contribution in [0.3, 0.4) is 0 Å². The number of para-hydroxylation sites is 1. The molecule has 0 N–H and O–H groups in total. The van der Waals surface area contributed by atoms with Crippen LogP contribution in [0.2, 0.25) is 0 Å². The van der Waals surface area contributed by atoms with Gasteiger partial charge in [-0.15, -0.1) is 0 Å². The summed E-state index contributed by atoms with van der Waals surface area (Å²) >= 11 is 0. The number of carbonyl (C=O) groups is 1. The number of benzene rings is 1. The van der Waals surface area contributed by atoms with E-state index in [2.05, 4.69) is 53.5 Å². The van der Waals surface area contributed by atoms with Crippen molar-refractivity contribution in [1.29, 1.82) is 0 Å². The molecular formula is C24H29N5O. The van der Waals surface area contributed by atoms with E-state index in [1.54, 1.807) is 18.5 Å². The highest BCUT2D eigenvalue weighted by Gasteiger charge is 2.26. The Bertz CT molecular complexity index is 1170. The van der Waals surface area contributed by atoms with E-state index < -0.39 is 0 Å². The first-order chi connectivity index (χ1) is 14.6. The van der Waals surface area contributed by atoms with Gasteiger partial charge in [-0.3, -0.25) is 9.36 Å². The number of aromatic nitrogens is 4. The third-order valence-corrected chi connectivity index (χ3v) is 5.60. The summed E-state index contributed by atoms with van der Waals surface area (Å²) in [6, 6.07) is 12.4. The molecule has 6 nitrogen and oxygen atoms in total. The molecule has 0 saturated heterocycles. The lowest BCUT2D eigenvalue weighted by molar-refractivity contribution is 0.0754. The van der Waals surface area contributed by atoms with E-state index in [0.717, 1.165) is 41.3 Å². The first kappa shape index (κ1) is 20.1. The molecule has 1 aromatic carbocycles. The normalized spacial score (nSPS) is 11.6. The minimum absolute atomic E-state index is 0.0222. The number of fused-ring (bicyclic) bond motifs is 3. The molecule has 0 aliphatic carbocycles. The summed E-state index contributed by atoms with van der Waals surface area (Å²) in [7, 11) is 0. The molecule has 0 saturated carbocycles. The molecule has 1 amide bonds. The van der Waals surface area contributed by atoms with Crippen molar-refractivity contribution in [2.24, 2.45) is 0 Å². The van der Waals surface area contributed by atoms with Crippen molar-refractivity contribution in [3.63, 3.8) is 0 Å². The predicted octanol–water partition coefficient (Wildman–Crippen LogP) is 5.22. The van der Waals surface area contributed by atoms with Gasteiger partial charge >= 0.3 is 0 Å². The molecule has 0 atom stereocenters. The van der Waals surface area contributed by atoms with E-state index >= 15 is 0 Å². The van der Waals surface area contributed by atoms with E-state index in [1.165, 1.54) is 0 Å². The molecule has 0 aliphatic rings. The van der Waals surface area contributed by atoms with Crippen LogP contribution in [-0.4, -0.2) is 43.0 Å². The number of nitrogens with zero attached hydrogens (tertiary/aromatic N) is 5. The Morgan fingerprint density at radius 3 is 2.47 bits per heavy atom. The van der Waals surface area contributed by atoms with Crippen LogP contribution in [0.5, 0.6) is 0 Å². The summed E-state index contributed by atoms with van der Waals surface area (Å²) < 4.78 is 4.23. The summed E-state index contributed by atoms with van der Waals surface area (Å²) in [5, 5.41) is 1.10. The van der Waals surface area contributed by atoms with Crippen LogP contribution in [0.1, 0.15) is 57.1 Å². The molecule has 0 spiro atoms. The second-order valence-electron chi connectivity index (χ2n) is 7.87. The highest BCUT2D eigenvalue weighted by Crippen LogP contribution is 2.35. The summed E-state index contributed by atoms with van der Waals surface area (Å²) in [6.07, 6.45) is 5.48. The van der Waals surface area contributed by atoms with Crippen molar-refractivity contribution in [1.82, 2.24) is 24.0 Å². The zero-order valence-corrected chi connectivity index (χ0v) is 18.2. The Morgan fingerprint density at radius 1 is 1.07 bits per heavy atom. The number of unbranched alkanes of at least 4 members (excludes halogenated alkanes) is 1. The summed E-state index contributed by atoms with van der Waals surface area (Å²) in [6.45, 7) is 9.94.